The Morgan fingerprint density at radius 1 is 1.32 bits per heavy atom. The molecule has 1 amide bonds. The molecule has 7 nitrogen and oxygen atoms in total. The van der Waals surface area contributed by atoms with E-state index in [2.05, 4.69) is 11.6 Å². The van der Waals surface area contributed by atoms with Gasteiger partial charge < -0.3 is 28.3 Å². The third-order valence-electron chi connectivity index (χ3n) is 3.03. The van der Waals surface area contributed by atoms with Gasteiger partial charge in [0.05, 0.1) is 22.8 Å². The highest BCUT2D eigenvalue weighted by atomic mass is 16.1. The normalized spacial score (nSPS) is 12.5. The van der Waals surface area contributed by atoms with E-state index in [9.17, 15) is 4.79 Å². The molecule has 1 rings (SSSR count). The number of hydrogen-bond acceptors (Lipinski definition) is 5. The molecule has 0 atom stereocenters. The van der Waals surface area contributed by atoms with E-state index < -0.39 is 5.91 Å². The van der Waals surface area contributed by atoms with Gasteiger partial charge in [-0.1, -0.05) is 12.6 Å². The van der Waals surface area contributed by atoms with Crippen molar-refractivity contribution in [3.63, 3.8) is 0 Å². The molecule has 0 radical (unpaired) electrons. The molecular weight excluding hydrogens is 280 g/mol. The number of nitrogens with two attached hydrogens (primary N) is 4. The molecule has 0 aliphatic heterocycles. The van der Waals surface area contributed by atoms with E-state index in [1.54, 1.807) is 19.1 Å². The van der Waals surface area contributed by atoms with Gasteiger partial charge in [0.1, 0.15) is 0 Å². The highest BCUT2D eigenvalue weighted by molar-refractivity contribution is 6.02. The fraction of sp³-hybridized carbons (Fsp3) is 0.133. The molecule has 1 aromatic rings. The number of amidine groups is 1. The molecular formula is C15H20N6O. The number of anilines is 1. The molecule has 0 aliphatic carbocycles. The number of nitrogen functional groups attached to an aromatic ring is 1. The molecule has 0 heterocycles. The Morgan fingerprint density at radius 2 is 1.91 bits per heavy atom. The Bertz CT molecular complexity index is 711. The fourth-order valence-corrected chi connectivity index (χ4v) is 1.92. The van der Waals surface area contributed by atoms with Crippen LogP contribution in [0.4, 0.5) is 5.69 Å². The van der Waals surface area contributed by atoms with Gasteiger partial charge in [-0.15, -0.1) is 0 Å². The number of rotatable bonds is 5. The van der Waals surface area contributed by atoms with Gasteiger partial charge in [-0.2, -0.15) is 0 Å². The van der Waals surface area contributed by atoms with Crippen molar-refractivity contribution in [3.05, 3.63) is 46.7 Å². The molecule has 116 valence electrons. The second-order valence-electron chi connectivity index (χ2n) is 4.76. The van der Waals surface area contributed by atoms with Crippen LogP contribution in [-0.2, 0) is 4.79 Å². The average molecular weight is 300 g/mol. The zero-order chi connectivity index (χ0) is 17.0. The van der Waals surface area contributed by atoms with Gasteiger partial charge in [-0.3, -0.25) is 4.79 Å². The lowest BCUT2D eigenvalue weighted by atomic mass is 9.95. The highest BCUT2D eigenvalue weighted by Crippen LogP contribution is 2.30. The third kappa shape index (κ3) is 3.32. The summed E-state index contributed by atoms with van der Waals surface area (Å²) in [5.41, 5.74) is 25.0. The van der Waals surface area contributed by atoms with Crippen LogP contribution in [0.1, 0.15) is 23.6 Å². The summed E-state index contributed by atoms with van der Waals surface area (Å²) in [4.78, 5) is 15.5. The number of amides is 1. The van der Waals surface area contributed by atoms with E-state index >= 15 is 0 Å². The zero-order valence-corrected chi connectivity index (χ0v) is 12.6. The van der Waals surface area contributed by atoms with Gasteiger partial charge in [0.25, 0.3) is 0 Å². The number of carbonyl (C=O) groups excluding carboxylic acids is 1. The first-order valence-corrected chi connectivity index (χ1v) is 6.40. The molecule has 0 bridgehead atoms. The van der Waals surface area contributed by atoms with Gasteiger partial charge in [-0.25, -0.2) is 4.99 Å². The van der Waals surface area contributed by atoms with Gasteiger partial charge >= 0.3 is 0 Å². The maximum atomic E-state index is 11.3. The summed E-state index contributed by atoms with van der Waals surface area (Å²) in [5.74, 6) is -0.536. The van der Waals surface area contributed by atoms with Crippen LogP contribution in [0.15, 0.2) is 35.0 Å². The summed E-state index contributed by atoms with van der Waals surface area (Å²) in [6.45, 7) is 6.94. The first-order valence-electron chi connectivity index (χ1n) is 6.40. The largest absolute Gasteiger partial charge is 0.398 e. The number of aryl methyl sites for hydroxylation is 1. The van der Waals surface area contributed by atoms with Crippen molar-refractivity contribution in [3.8, 4) is 0 Å². The predicted molar refractivity (Wildman–Crippen MR) is 90.2 cm³/mol. The van der Waals surface area contributed by atoms with Crippen LogP contribution in [0.25, 0.3) is 5.70 Å². The first-order chi connectivity index (χ1) is 10.2. The lowest BCUT2D eigenvalue weighted by molar-refractivity contribution is -0.114. The number of benzene rings is 1. The van der Waals surface area contributed by atoms with Crippen molar-refractivity contribution < 1.29 is 4.79 Å². The fourth-order valence-electron chi connectivity index (χ4n) is 1.92. The van der Waals surface area contributed by atoms with Crippen LogP contribution in [0, 0.1) is 12.3 Å². The zero-order valence-electron chi connectivity index (χ0n) is 12.6. The number of aliphatic imine (C=N–C) groups is 1. The lowest BCUT2D eigenvalue weighted by Crippen LogP contribution is -2.20. The van der Waals surface area contributed by atoms with E-state index in [1.165, 1.54) is 0 Å². The molecule has 0 spiro atoms. The second-order valence-corrected chi connectivity index (χ2v) is 4.76. The predicted octanol–water partition coefficient (Wildman–Crippen LogP) is 0.621. The van der Waals surface area contributed by atoms with Crippen LogP contribution < -0.4 is 22.9 Å². The SMILES string of the molecule is C=C(C(N)=O)/C(N)=C(\N=C(C)N)c1c(C)ccc(N)c1C=N. The van der Waals surface area contributed by atoms with E-state index in [-0.39, 0.29) is 22.8 Å². The average Bonchev–Trinajstić information content (AvgIpc) is 2.45. The van der Waals surface area contributed by atoms with Crippen molar-refractivity contribution in [2.45, 2.75) is 13.8 Å². The summed E-state index contributed by atoms with van der Waals surface area (Å²) in [5, 5.41) is 7.57. The second kappa shape index (κ2) is 6.57. The van der Waals surface area contributed by atoms with E-state index in [1.807, 2.05) is 6.92 Å². The molecule has 1 aromatic carbocycles. The highest BCUT2D eigenvalue weighted by Gasteiger charge is 2.18. The van der Waals surface area contributed by atoms with Crippen LogP contribution in [0.5, 0.6) is 0 Å². The van der Waals surface area contributed by atoms with Crippen molar-refractivity contribution >= 4 is 29.3 Å². The monoisotopic (exact) mass is 300 g/mol. The summed E-state index contributed by atoms with van der Waals surface area (Å²) in [6, 6.07) is 3.44. The summed E-state index contributed by atoms with van der Waals surface area (Å²) >= 11 is 0. The molecule has 0 aromatic heterocycles. The summed E-state index contributed by atoms with van der Waals surface area (Å²) in [7, 11) is 0. The van der Waals surface area contributed by atoms with Crippen LogP contribution in [0.3, 0.4) is 0 Å². The number of primary amides is 1. The minimum atomic E-state index is -0.766. The molecule has 0 saturated carbocycles. The minimum Gasteiger partial charge on any atom is -0.398 e. The Balaban J connectivity index is 3.84. The van der Waals surface area contributed by atoms with E-state index in [0.717, 1.165) is 11.8 Å². The Labute approximate surface area is 128 Å². The van der Waals surface area contributed by atoms with Crippen molar-refractivity contribution in [1.29, 1.82) is 5.41 Å². The molecule has 0 unspecified atom stereocenters. The van der Waals surface area contributed by atoms with Crippen LogP contribution >= 0.6 is 0 Å². The number of nitrogens with zero attached hydrogens (tertiary/aromatic N) is 1. The molecule has 0 aliphatic rings. The Morgan fingerprint density at radius 3 is 2.36 bits per heavy atom. The summed E-state index contributed by atoms with van der Waals surface area (Å²) < 4.78 is 0. The van der Waals surface area contributed by atoms with Crippen molar-refractivity contribution in [2.24, 2.45) is 22.2 Å². The van der Waals surface area contributed by atoms with E-state index in [0.29, 0.717) is 16.8 Å². The molecule has 0 fully saturated rings. The van der Waals surface area contributed by atoms with Crippen molar-refractivity contribution in [2.75, 3.05) is 5.73 Å². The Hall–Kier alpha value is -3.09. The van der Waals surface area contributed by atoms with Crippen molar-refractivity contribution in [1.82, 2.24) is 0 Å². The maximum absolute atomic E-state index is 11.3. The smallest absolute Gasteiger partial charge is 0.250 e. The lowest BCUT2D eigenvalue weighted by Gasteiger charge is -2.16. The quantitative estimate of drug-likeness (QED) is 0.177. The van der Waals surface area contributed by atoms with Crippen LogP contribution in [0.2, 0.25) is 0 Å². The van der Waals surface area contributed by atoms with E-state index in [4.69, 9.17) is 28.3 Å². The van der Waals surface area contributed by atoms with Gasteiger partial charge in [-0.05, 0) is 25.5 Å². The Kier molecular flexibility index (Phi) is 5.07. The van der Waals surface area contributed by atoms with Gasteiger partial charge in [0, 0.05) is 23.0 Å². The molecule has 0 saturated heterocycles. The topological polar surface area (TPSA) is 157 Å². The molecule has 22 heavy (non-hydrogen) atoms. The first kappa shape index (κ1) is 17.0. The standard InChI is InChI=1S/C15H20N6O/c1-7-4-5-11(18)10(6-16)12(7)14(21-9(3)17)13(19)8(2)15(20)22/h4-6,16H,2,18-19H2,1,3H3,(H2,17,21)(H2,20,22)/b14-13+,16-6?. The third-order valence-corrected chi connectivity index (χ3v) is 3.03. The maximum Gasteiger partial charge on any atom is 0.250 e. The number of carbonyl (C=O) groups is 1. The molecule has 7 heteroatoms. The number of nitrogens with one attached hydrogen (secondary N) is 1. The number of hydrogen-bond donors (Lipinski definition) is 5. The van der Waals surface area contributed by atoms with Gasteiger partial charge in [0.2, 0.25) is 5.91 Å². The minimum absolute atomic E-state index is 0.00546. The summed E-state index contributed by atoms with van der Waals surface area (Å²) in [6.07, 6.45) is 1.10. The van der Waals surface area contributed by atoms with Gasteiger partial charge in [0.15, 0.2) is 0 Å². The molecule has 9 N–H and O–H groups in total. The van der Waals surface area contributed by atoms with Crippen LogP contribution in [-0.4, -0.2) is 18.0 Å².